The van der Waals surface area contributed by atoms with Gasteiger partial charge in [0.2, 0.25) is 0 Å². The standard InChI is InChI=1S/C18H38O4/c1-7-16(5,20)11-13-18(22,8-2)14-12-17(6,21)10-9-15(3,4)19/h19-22H,7-14H2,1-6H3. The maximum absolute atomic E-state index is 10.7. The zero-order chi connectivity index (χ0) is 17.7. The first-order valence-electron chi connectivity index (χ1n) is 8.64. The first kappa shape index (κ1) is 21.8. The maximum Gasteiger partial charge on any atom is 0.0647 e. The summed E-state index contributed by atoms with van der Waals surface area (Å²) in [6.45, 7) is 10.9. The van der Waals surface area contributed by atoms with Crippen LogP contribution in [0.1, 0.15) is 92.9 Å². The van der Waals surface area contributed by atoms with Crippen molar-refractivity contribution in [1.82, 2.24) is 0 Å². The molecule has 0 bridgehead atoms. The lowest BCUT2D eigenvalue weighted by Crippen LogP contribution is -2.36. The molecule has 0 aliphatic rings. The molecule has 3 unspecified atom stereocenters. The zero-order valence-electron chi connectivity index (χ0n) is 15.4. The van der Waals surface area contributed by atoms with E-state index in [4.69, 9.17) is 0 Å². The maximum atomic E-state index is 10.7. The van der Waals surface area contributed by atoms with Gasteiger partial charge in [0.15, 0.2) is 0 Å². The van der Waals surface area contributed by atoms with Gasteiger partial charge in [-0.1, -0.05) is 13.8 Å². The van der Waals surface area contributed by atoms with E-state index in [1.165, 1.54) is 0 Å². The van der Waals surface area contributed by atoms with E-state index in [1.807, 2.05) is 13.8 Å². The van der Waals surface area contributed by atoms with Crippen LogP contribution in [0.3, 0.4) is 0 Å². The van der Waals surface area contributed by atoms with Gasteiger partial charge >= 0.3 is 0 Å². The Morgan fingerprint density at radius 3 is 1.32 bits per heavy atom. The molecule has 0 aromatic rings. The summed E-state index contributed by atoms with van der Waals surface area (Å²) in [5.41, 5.74) is -3.27. The second-order valence-corrected chi connectivity index (χ2v) is 8.24. The van der Waals surface area contributed by atoms with Crippen molar-refractivity contribution in [2.24, 2.45) is 0 Å². The smallest absolute Gasteiger partial charge is 0.0647 e. The van der Waals surface area contributed by atoms with E-state index < -0.39 is 22.4 Å². The third-order valence-corrected chi connectivity index (χ3v) is 4.95. The fourth-order valence-corrected chi connectivity index (χ4v) is 2.36. The van der Waals surface area contributed by atoms with Gasteiger partial charge in [-0.15, -0.1) is 0 Å². The van der Waals surface area contributed by atoms with Gasteiger partial charge in [-0.05, 0) is 79.1 Å². The van der Waals surface area contributed by atoms with Gasteiger partial charge in [-0.25, -0.2) is 0 Å². The van der Waals surface area contributed by atoms with Crippen LogP contribution in [0.5, 0.6) is 0 Å². The van der Waals surface area contributed by atoms with Gasteiger partial charge in [0.1, 0.15) is 0 Å². The minimum atomic E-state index is -0.892. The number of hydrogen-bond donors (Lipinski definition) is 4. The highest BCUT2D eigenvalue weighted by atomic mass is 16.3. The van der Waals surface area contributed by atoms with Crippen molar-refractivity contribution < 1.29 is 20.4 Å². The van der Waals surface area contributed by atoms with Crippen LogP contribution in [-0.4, -0.2) is 42.8 Å². The Labute approximate surface area is 136 Å². The topological polar surface area (TPSA) is 80.9 Å². The monoisotopic (exact) mass is 318 g/mol. The Kier molecular flexibility index (Phi) is 8.03. The molecule has 0 amide bonds. The van der Waals surface area contributed by atoms with Crippen LogP contribution in [0.2, 0.25) is 0 Å². The van der Waals surface area contributed by atoms with Crippen molar-refractivity contribution >= 4 is 0 Å². The number of aliphatic hydroxyl groups is 4. The summed E-state index contributed by atoms with van der Waals surface area (Å²) in [6.07, 6.45) is 4.37. The quantitative estimate of drug-likeness (QED) is 0.472. The summed E-state index contributed by atoms with van der Waals surface area (Å²) in [5, 5.41) is 41.0. The first-order valence-corrected chi connectivity index (χ1v) is 8.64. The first-order chi connectivity index (χ1) is 9.74. The highest BCUT2D eigenvalue weighted by Crippen LogP contribution is 2.32. The van der Waals surface area contributed by atoms with Crippen LogP contribution >= 0.6 is 0 Å². The minimum absolute atomic E-state index is 0.488. The van der Waals surface area contributed by atoms with Crippen LogP contribution in [0, 0.1) is 0 Å². The number of hydrogen-bond acceptors (Lipinski definition) is 4. The molecule has 0 radical (unpaired) electrons. The third kappa shape index (κ3) is 9.78. The van der Waals surface area contributed by atoms with Gasteiger partial charge in [-0.2, -0.15) is 0 Å². The summed E-state index contributed by atoms with van der Waals surface area (Å²) < 4.78 is 0. The molecular weight excluding hydrogens is 280 g/mol. The molecule has 4 heteroatoms. The van der Waals surface area contributed by atoms with Crippen LogP contribution in [0.15, 0.2) is 0 Å². The third-order valence-electron chi connectivity index (χ3n) is 4.95. The van der Waals surface area contributed by atoms with Crippen molar-refractivity contribution in [3.8, 4) is 0 Å². The van der Waals surface area contributed by atoms with Crippen molar-refractivity contribution in [3.05, 3.63) is 0 Å². The molecule has 0 fully saturated rings. The Bertz CT molecular complexity index is 318. The molecule has 0 aliphatic carbocycles. The highest BCUT2D eigenvalue weighted by molar-refractivity contribution is 4.86. The predicted octanol–water partition coefficient (Wildman–Crippen LogP) is 3.15. The van der Waals surface area contributed by atoms with E-state index in [0.29, 0.717) is 51.4 Å². The summed E-state index contributed by atoms with van der Waals surface area (Å²) in [6, 6.07) is 0. The van der Waals surface area contributed by atoms with Gasteiger partial charge < -0.3 is 20.4 Å². The van der Waals surface area contributed by atoms with Gasteiger partial charge in [-0.3, -0.25) is 0 Å². The molecule has 0 aliphatic heterocycles. The van der Waals surface area contributed by atoms with Crippen molar-refractivity contribution in [2.45, 2.75) is 115 Å². The van der Waals surface area contributed by atoms with Gasteiger partial charge in [0.25, 0.3) is 0 Å². The second-order valence-electron chi connectivity index (χ2n) is 8.24. The minimum Gasteiger partial charge on any atom is -0.390 e. The molecule has 134 valence electrons. The molecule has 0 aromatic carbocycles. The van der Waals surface area contributed by atoms with Crippen LogP contribution in [-0.2, 0) is 0 Å². The Balaban J connectivity index is 4.47. The average molecular weight is 318 g/mol. The Morgan fingerprint density at radius 2 is 0.955 bits per heavy atom. The molecule has 22 heavy (non-hydrogen) atoms. The summed E-state index contributed by atoms with van der Waals surface area (Å²) >= 11 is 0. The molecule has 0 saturated heterocycles. The molecule has 4 N–H and O–H groups in total. The van der Waals surface area contributed by atoms with E-state index in [-0.39, 0.29) is 0 Å². The van der Waals surface area contributed by atoms with E-state index >= 15 is 0 Å². The lowest BCUT2D eigenvalue weighted by molar-refractivity contribution is -0.0481. The van der Waals surface area contributed by atoms with Crippen molar-refractivity contribution in [2.75, 3.05) is 0 Å². The lowest BCUT2D eigenvalue weighted by atomic mass is 9.80. The number of rotatable bonds is 11. The van der Waals surface area contributed by atoms with Crippen LogP contribution in [0.25, 0.3) is 0 Å². The van der Waals surface area contributed by atoms with Crippen LogP contribution < -0.4 is 0 Å². The molecule has 0 aromatic heterocycles. The highest BCUT2D eigenvalue weighted by Gasteiger charge is 2.32. The summed E-state index contributed by atoms with van der Waals surface area (Å²) in [7, 11) is 0. The predicted molar refractivity (Wildman–Crippen MR) is 90.8 cm³/mol. The SMILES string of the molecule is CCC(C)(O)CCC(O)(CC)CCC(C)(O)CCC(C)(C)O. The van der Waals surface area contributed by atoms with E-state index in [0.717, 1.165) is 0 Å². The van der Waals surface area contributed by atoms with Crippen LogP contribution in [0.4, 0.5) is 0 Å². The summed E-state index contributed by atoms with van der Waals surface area (Å²) in [5.74, 6) is 0. The summed E-state index contributed by atoms with van der Waals surface area (Å²) in [4.78, 5) is 0. The van der Waals surface area contributed by atoms with E-state index in [2.05, 4.69) is 0 Å². The average Bonchev–Trinajstić information content (AvgIpc) is 2.41. The lowest BCUT2D eigenvalue weighted by Gasteiger charge is -2.34. The van der Waals surface area contributed by atoms with Gasteiger partial charge in [0, 0.05) is 0 Å². The molecule has 0 heterocycles. The Hall–Kier alpha value is -0.160. The zero-order valence-corrected chi connectivity index (χ0v) is 15.4. The molecule has 4 nitrogen and oxygen atoms in total. The van der Waals surface area contributed by atoms with Gasteiger partial charge in [0.05, 0.1) is 22.4 Å². The molecule has 0 rings (SSSR count). The fraction of sp³-hybridized carbons (Fsp3) is 1.00. The van der Waals surface area contributed by atoms with E-state index in [9.17, 15) is 20.4 Å². The molecule has 0 saturated carbocycles. The van der Waals surface area contributed by atoms with E-state index in [1.54, 1.807) is 27.7 Å². The fourth-order valence-electron chi connectivity index (χ4n) is 2.36. The normalized spacial score (nSPS) is 21.0. The second kappa shape index (κ2) is 8.09. The molecule has 0 spiro atoms. The largest absolute Gasteiger partial charge is 0.390 e. The van der Waals surface area contributed by atoms with Crippen molar-refractivity contribution in [3.63, 3.8) is 0 Å². The molecular formula is C18H38O4. The van der Waals surface area contributed by atoms with Crippen molar-refractivity contribution in [1.29, 1.82) is 0 Å². The molecule has 3 atom stereocenters. The Morgan fingerprint density at radius 1 is 0.545 bits per heavy atom.